The zero-order chi connectivity index (χ0) is 18.4. The number of Topliss-reactive ketones (excluding diaryl/α,β-unsaturated/α-hetero) is 1. The third kappa shape index (κ3) is 3.12. The summed E-state index contributed by atoms with van der Waals surface area (Å²) in [6.07, 6.45) is 2.94. The molecule has 0 unspecified atom stereocenters. The molecular formula is C19H22N4O2. The Morgan fingerprint density at radius 3 is 2.56 bits per heavy atom. The van der Waals surface area contributed by atoms with Gasteiger partial charge in [-0.1, -0.05) is 38.5 Å². The lowest BCUT2D eigenvalue weighted by Gasteiger charge is -2.17. The highest BCUT2D eigenvalue weighted by Crippen LogP contribution is 2.19. The van der Waals surface area contributed by atoms with E-state index in [0.717, 1.165) is 16.8 Å². The molecule has 0 saturated heterocycles. The quantitative estimate of drug-likeness (QED) is 0.736. The molecule has 0 amide bonds. The van der Waals surface area contributed by atoms with Crippen LogP contribution in [0.2, 0.25) is 0 Å². The highest BCUT2D eigenvalue weighted by Gasteiger charge is 2.22. The van der Waals surface area contributed by atoms with Gasteiger partial charge in [0.25, 0.3) is 5.56 Å². The number of carbonyl (C=O) groups excluding carboxylic acids is 1. The van der Waals surface area contributed by atoms with Crippen LogP contribution >= 0.6 is 0 Å². The van der Waals surface area contributed by atoms with Gasteiger partial charge in [0.05, 0.1) is 18.4 Å². The van der Waals surface area contributed by atoms with E-state index in [9.17, 15) is 9.59 Å². The van der Waals surface area contributed by atoms with E-state index < -0.39 is 5.41 Å². The molecule has 0 spiro atoms. The SMILES string of the molecule is Cc1ccc(-n2ncc3c(=O)n(CC(=O)C(C)(C)C)cnc32)c(C)c1. The van der Waals surface area contributed by atoms with Gasteiger partial charge in [0.1, 0.15) is 11.7 Å². The summed E-state index contributed by atoms with van der Waals surface area (Å²) < 4.78 is 3.02. The van der Waals surface area contributed by atoms with Crippen molar-refractivity contribution in [2.45, 2.75) is 41.2 Å². The molecule has 0 aliphatic rings. The molecule has 0 saturated carbocycles. The Balaban J connectivity index is 2.08. The zero-order valence-corrected chi connectivity index (χ0v) is 15.2. The van der Waals surface area contributed by atoms with E-state index in [-0.39, 0.29) is 17.9 Å². The van der Waals surface area contributed by atoms with Crippen molar-refractivity contribution in [1.29, 1.82) is 0 Å². The Morgan fingerprint density at radius 1 is 1.20 bits per heavy atom. The van der Waals surface area contributed by atoms with Gasteiger partial charge in [-0.25, -0.2) is 9.67 Å². The highest BCUT2D eigenvalue weighted by molar-refractivity contribution is 5.84. The Morgan fingerprint density at radius 2 is 1.92 bits per heavy atom. The van der Waals surface area contributed by atoms with Crippen LogP contribution in [0.5, 0.6) is 0 Å². The maximum atomic E-state index is 12.7. The van der Waals surface area contributed by atoms with Gasteiger partial charge in [0.15, 0.2) is 11.4 Å². The smallest absolute Gasteiger partial charge is 0.264 e. The first-order chi connectivity index (χ1) is 11.7. The van der Waals surface area contributed by atoms with Crippen LogP contribution in [0.25, 0.3) is 16.7 Å². The van der Waals surface area contributed by atoms with Crippen molar-refractivity contribution in [2.24, 2.45) is 5.41 Å². The van der Waals surface area contributed by atoms with Crippen molar-refractivity contribution in [2.75, 3.05) is 0 Å². The molecule has 0 bridgehead atoms. The fraction of sp³-hybridized carbons (Fsp3) is 0.368. The summed E-state index contributed by atoms with van der Waals surface area (Å²) in [6, 6.07) is 6.03. The summed E-state index contributed by atoms with van der Waals surface area (Å²) in [4.78, 5) is 29.3. The van der Waals surface area contributed by atoms with Gasteiger partial charge < -0.3 is 0 Å². The molecule has 3 aromatic rings. The van der Waals surface area contributed by atoms with Gasteiger partial charge in [-0.15, -0.1) is 0 Å². The lowest BCUT2D eigenvalue weighted by Crippen LogP contribution is -2.30. The fourth-order valence-electron chi connectivity index (χ4n) is 2.67. The van der Waals surface area contributed by atoms with Gasteiger partial charge in [-0.3, -0.25) is 14.2 Å². The maximum Gasteiger partial charge on any atom is 0.264 e. The Labute approximate surface area is 146 Å². The van der Waals surface area contributed by atoms with E-state index in [0.29, 0.717) is 11.0 Å². The van der Waals surface area contributed by atoms with E-state index in [1.54, 1.807) is 4.68 Å². The predicted molar refractivity (Wildman–Crippen MR) is 97.1 cm³/mol. The molecule has 130 valence electrons. The van der Waals surface area contributed by atoms with E-state index in [1.807, 2.05) is 46.8 Å². The average molecular weight is 338 g/mol. The van der Waals surface area contributed by atoms with Gasteiger partial charge in [-0.05, 0) is 25.5 Å². The van der Waals surface area contributed by atoms with Crippen LogP contribution in [0.1, 0.15) is 31.9 Å². The number of carbonyl (C=O) groups is 1. The van der Waals surface area contributed by atoms with Crippen LogP contribution in [0.3, 0.4) is 0 Å². The molecule has 0 radical (unpaired) electrons. The number of rotatable bonds is 3. The van der Waals surface area contributed by atoms with Crippen LogP contribution in [-0.4, -0.2) is 25.1 Å². The van der Waals surface area contributed by atoms with Crippen molar-refractivity contribution in [3.05, 3.63) is 52.2 Å². The number of benzene rings is 1. The number of aryl methyl sites for hydroxylation is 2. The Hall–Kier alpha value is -2.76. The van der Waals surface area contributed by atoms with Gasteiger partial charge in [-0.2, -0.15) is 5.10 Å². The van der Waals surface area contributed by atoms with E-state index in [1.165, 1.54) is 17.1 Å². The second kappa shape index (κ2) is 5.95. The van der Waals surface area contributed by atoms with Crippen LogP contribution in [0, 0.1) is 19.3 Å². The lowest BCUT2D eigenvalue weighted by molar-refractivity contribution is -0.126. The molecule has 3 rings (SSSR count). The largest absolute Gasteiger partial charge is 0.297 e. The van der Waals surface area contributed by atoms with Crippen molar-refractivity contribution >= 4 is 16.8 Å². The van der Waals surface area contributed by atoms with Crippen molar-refractivity contribution in [3.63, 3.8) is 0 Å². The normalized spacial score (nSPS) is 11.9. The summed E-state index contributed by atoms with van der Waals surface area (Å²) in [5.74, 6) is -0.0162. The molecule has 0 aliphatic heterocycles. The molecule has 0 fully saturated rings. The van der Waals surface area contributed by atoms with E-state index in [2.05, 4.69) is 16.1 Å². The summed E-state index contributed by atoms with van der Waals surface area (Å²) in [6.45, 7) is 9.56. The van der Waals surface area contributed by atoms with Gasteiger partial charge in [0, 0.05) is 5.41 Å². The molecule has 0 atom stereocenters. The standard InChI is InChI=1S/C19H22N4O2/c1-12-6-7-15(13(2)8-12)23-17-14(9-21-23)18(25)22(11-20-17)10-16(24)19(3,4)5/h6-9,11H,10H2,1-5H3. The number of fused-ring (bicyclic) bond motifs is 1. The first kappa shape index (κ1) is 17.1. The van der Waals surface area contributed by atoms with Crippen molar-refractivity contribution in [1.82, 2.24) is 19.3 Å². The topological polar surface area (TPSA) is 69.8 Å². The zero-order valence-electron chi connectivity index (χ0n) is 15.2. The third-order valence-corrected chi connectivity index (χ3v) is 4.29. The minimum atomic E-state index is -0.502. The molecular weight excluding hydrogens is 316 g/mol. The summed E-state index contributed by atoms with van der Waals surface area (Å²) in [7, 11) is 0. The first-order valence-corrected chi connectivity index (χ1v) is 8.22. The molecule has 0 N–H and O–H groups in total. The number of hydrogen-bond donors (Lipinski definition) is 0. The minimum Gasteiger partial charge on any atom is -0.297 e. The summed E-state index contributed by atoms with van der Waals surface area (Å²) >= 11 is 0. The molecule has 6 nitrogen and oxygen atoms in total. The minimum absolute atomic E-state index is 0.0139. The molecule has 2 heterocycles. The maximum absolute atomic E-state index is 12.7. The van der Waals surface area contributed by atoms with Crippen LogP contribution in [0.4, 0.5) is 0 Å². The monoisotopic (exact) mass is 338 g/mol. The molecule has 2 aromatic heterocycles. The van der Waals surface area contributed by atoms with Crippen LogP contribution in [0.15, 0.2) is 35.5 Å². The molecule has 0 aliphatic carbocycles. The molecule has 25 heavy (non-hydrogen) atoms. The molecule has 1 aromatic carbocycles. The number of nitrogens with zero attached hydrogens (tertiary/aromatic N) is 4. The Bertz CT molecular complexity index is 1020. The van der Waals surface area contributed by atoms with Crippen LogP contribution in [-0.2, 0) is 11.3 Å². The average Bonchev–Trinajstić information content (AvgIpc) is 2.93. The molecule has 6 heteroatoms. The van der Waals surface area contributed by atoms with E-state index >= 15 is 0 Å². The predicted octanol–water partition coefficient (Wildman–Crippen LogP) is 2.81. The number of hydrogen-bond acceptors (Lipinski definition) is 4. The van der Waals surface area contributed by atoms with Gasteiger partial charge >= 0.3 is 0 Å². The van der Waals surface area contributed by atoms with E-state index in [4.69, 9.17) is 0 Å². The van der Waals surface area contributed by atoms with Crippen molar-refractivity contribution < 1.29 is 4.79 Å². The Kier molecular flexibility index (Phi) is 4.06. The number of aromatic nitrogens is 4. The lowest BCUT2D eigenvalue weighted by atomic mass is 9.91. The highest BCUT2D eigenvalue weighted by atomic mass is 16.1. The fourth-order valence-corrected chi connectivity index (χ4v) is 2.67. The second-order valence-corrected chi connectivity index (χ2v) is 7.43. The van der Waals surface area contributed by atoms with Crippen molar-refractivity contribution in [3.8, 4) is 5.69 Å². The third-order valence-electron chi connectivity index (χ3n) is 4.29. The summed E-state index contributed by atoms with van der Waals surface area (Å²) in [5.41, 5.74) is 2.84. The van der Waals surface area contributed by atoms with Gasteiger partial charge in [0.2, 0.25) is 0 Å². The van der Waals surface area contributed by atoms with Crippen LogP contribution < -0.4 is 5.56 Å². The first-order valence-electron chi connectivity index (χ1n) is 8.22. The summed E-state index contributed by atoms with van der Waals surface area (Å²) in [5, 5.41) is 4.75. The second-order valence-electron chi connectivity index (χ2n) is 7.43. The number of ketones is 1.